The van der Waals surface area contributed by atoms with Crippen LogP contribution in [0, 0.1) is 0 Å². The van der Waals surface area contributed by atoms with Crippen molar-refractivity contribution in [2.75, 3.05) is 11.5 Å². The summed E-state index contributed by atoms with van der Waals surface area (Å²) in [6, 6.07) is 10.5. The van der Waals surface area contributed by atoms with E-state index in [1.807, 2.05) is 12.1 Å². The van der Waals surface area contributed by atoms with Crippen LogP contribution >= 0.6 is 11.6 Å². The van der Waals surface area contributed by atoms with E-state index in [-0.39, 0.29) is 10.8 Å². The lowest BCUT2D eigenvalue weighted by Gasteiger charge is -2.08. The average Bonchev–Trinajstić information content (AvgIpc) is 2.28. The fourth-order valence-electron chi connectivity index (χ4n) is 1.48. The minimum absolute atomic E-state index is 0.00793. The molecule has 0 aromatic heterocycles. The van der Waals surface area contributed by atoms with Gasteiger partial charge in [0.25, 0.3) is 0 Å². The molecule has 0 bridgehead atoms. The molecule has 2 aromatic rings. The number of rotatable bonds is 1. The van der Waals surface area contributed by atoms with Crippen molar-refractivity contribution in [3.05, 3.63) is 41.4 Å². The standard InChI is InChI=1S/C12H11ClN2O/c13-11-10(15)6-5-9(12(11)16)7-1-3-8(14)4-2-7/h1-6,16H,14-15H2. The van der Waals surface area contributed by atoms with Crippen molar-refractivity contribution in [2.45, 2.75) is 0 Å². The van der Waals surface area contributed by atoms with Gasteiger partial charge in [-0.1, -0.05) is 23.7 Å². The highest BCUT2D eigenvalue weighted by Crippen LogP contribution is 2.38. The summed E-state index contributed by atoms with van der Waals surface area (Å²) in [5.41, 5.74) is 13.7. The largest absolute Gasteiger partial charge is 0.506 e. The summed E-state index contributed by atoms with van der Waals surface area (Å²) in [7, 11) is 0. The van der Waals surface area contributed by atoms with Crippen molar-refractivity contribution in [1.82, 2.24) is 0 Å². The molecule has 2 aromatic carbocycles. The van der Waals surface area contributed by atoms with Gasteiger partial charge in [0.1, 0.15) is 10.8 Å². The Morgan fingerprint density at radius 3 is 2.19 bits per heavy atom. The second-order valence-electron chi connectivity index (χ2n) is 3.49. The molecule has 0 saturated heterocycles. The zero-order valence-electron chi connectivity index (χ0n) is 8.44. The molecule has 0 aliphatic rings. The van der Waals surface area contributed by atoms with Crippen molar-refractivity contribution in [1.29, 1.82) is 0 Å². The zero-order valence-corrected chi connectivity index (χ0v) is 9.20. The first-order chi connectivity index (χ1) is 7.59. The Morgan fingerprint density at radius 1 is 0.938 bits per heavy atom. The Morgan fingerprint density at radius 2 is 1.56 bits per heavy atom. The van der Waals surface area contributed by atoms with Gasteiger partial charge >= 0.3 is 0 Å². The fourth-order valence-corrected chi connectivity index (χ4v) is 1.64. The van der Waals surface area contributed by atoms with Gasteiger partial charge in [-0.15, -0.1) is 0 Å². The lowest BCUT2D eigenvalue weighted by atomic mass is 10.0. The summed E-state index contributed by atoms with van der Waals surface area (Å²) in [5.74, 6) is -0.00793. The molecule has 0 amide bonds. The Labute approximate surface area is 98.3 Å². The molecular weight excluding hydrogens is 224 g/mol. The van der Waals surface area contributed by atoms with Gasteiger partial charge in [0.05, 0.1) is 5.69 Å². The second kappa shape index (κ2) is 3.94. The number of phenolic OH excluding ortho intramolecular Hbond substituents is 1. The van der Waals surface area contributed by atoms with Crippen LogP contribution in [-0.2, 0) is 0 Å². The smallest absolute Gasteiger partial charge is 0.144 e. The van der Waals surface area contributed by atoms with Crippen molar-refractivity contribution in [3.63, 3.8) is 0 Å². The molecule has 3 nitrogen and oxygen atoms in total. The summed E-state index contributed by atoms with van der Waals surface area (Å²) in [6.45, 7) is 0. The molecule has 82 valence electrons. The number of aromatic hydroxyl groups is 1. The van der Waals surface area contributed by atoms with E-state index in [1.165, 1.54) is 0 Å². The van der Waals surface area contributed by atoms with Crippen LogP contribution in [0.3, 0.4) is 0 Å². The third-order valence-corrected chi connectivity index (χ3v) is 2.76. The van der Waals surface area contributed by atoms with E-state index in [2.05, 4.69) is 0 Å². The number of anilines is 2. The molecule has 0 unspecified atom stereocenters. The highest BCUT2D eigenvalue weighted by Gasteiger charge is 2.10. The molecule has 0 saturated carbocycles. The van der Waals surface area contributed by atoms with Crippen LogP contribution in [0.2, 0.25) is 5.02 Å². The van der Waals surface area contributed by atoms with Gasteiger partial charge in [-0.25, -0.2) is 0 Å². The van der Waals surface area contributed by atoms with Crippen molar-refractivity contribution in [2.24, 2.45) is 0 Å². The number of nitrogen functional groups attached to an aromatic ring is 2. The monoisotopic (exact) mass is 234 g/mol. The van der Waals surface area contributed by atoms with E-state index in [4.69, 9.17) is 23.1 Å². The maximum absolute atomic E-state index is 9.86. The predicted octanol–water partition coefficient (Wildman–Crippen LogP) is 2.88. The molecule has 4 heteroatoms. The van der Waals surface area contributed by atoms with Gasteiger partial charge < -0.3 is 16.6 Å². The third kappa shape index (κ3) is 1.77. The molecule has 5 N–H and O–H groups in total. The Hall–Kier alpha value is -1.87. The molecule has 16 heavy (non-hydrogen) atoms. The van der Waals surface area contributed by atoms with Gasteiger partial charge in [-0.3, -0.25) is 0 Å². The van der Waals surface area contributed by atoms with E-state index in [0.717, 1.165) is 5.56 Å². The van der Waals surface area contributed by atoms with Gasteiger partial charge in [0.2, 0.25) is 0 Å². The lowest BCUT2D eigenvalue weighted by molar-refractivity contribution is 0.478. The number of halogens is 1. The van der Waals surface area contributed by atoms with Gasteiger partial charge in [0.15, 0.2) is 0 Å². The average molecular weight is 235 g/mol. The maximum atomic E-state index is 9.86. The number of hydrogen-bond acceptors (Lipinski definition) is 3. The number of benzene rings is 2. The van der Waals surface area contributed by atoms with E-state index in [1.54, 1.807) is 24.3 Å². The van der Waals surface area contributed by atoms with Crippen LogP contribution in [0.25, 0.3) is 11.1 Å². The first-order valence-electron chi connectivity index (χ1n) is 4.72. The SMILES string of the molecule is Nc1ccc(-c2ccc(N)c(Cl)c2O)cc1. The second-order valence-corrected chi connectivity index (χ2v) is 3.86. The highest BCUT2D eigenvalue weighted by molar-refractivity contribution is 6.35. The van der Waals surface area contributed by atoms with Crippen molar-refractivity contribution in [3.8, 4) is 16.9 Å². The minimum Gasteiger partial charge on any atom is -0.506 e. The van der Waals surface area contributed by atoms with Crippen molar-refractivity contribution >= 4 is 23.0 Å². The summed E-state index contributed by atoms with van der Waals surface area (Å²) in [5, 5.41) is 10.0. The van der Waals surface area contributed by atoms with Crippen LogP contribution in [0.15, 0.2) is 36.4 Å². The fraction of sp³-hybridized carbons (Fsp3) is 0. The molecule has 0 aliphatic carbocycles. The van der Waals surface area contributed by atoms with Crippen LogP contribution in [-0.4, -0.2) is 5.11 Å². The summed E-state index contributed by atoms with van der Waals surface area (Å²) < 4.78 is 0. The molecule has 0 aliphatic heterocycles. The molecule has 0 radical (unpaired) electrons. The van der Waals surface area contributed by atoms with Gasteiger partial charge in [0, 0.05) is 11.3 Å². The number of nitrogens with two attached hydrogens (primary N) is 2. The molecule has 0 atom stereocenters. The van der Waals surface area contributed by atoms with E-state index >= 15 is 0 Å². The first-order valence-corrected chi connectivity index (χ1v) is 5.10. The van der Waals surface area contributed by atoms with Crippen LogP contribution in [0.1, 0.15) is 0 Å². The molecule has 0 heterocycles. The molecular formula is C12H11ClN2O. The van der Waals surface area contributed by atoms with Crippen LogP contribution in [0.5, 0.6) is 5.75 Å². The Kier molecular flexibility index (Phi) is 2.62. The zero-order chi connectivity index (χ0) is 11.7. The van der Waals surface area contributed by atoms with E-state index in [9.17, 15) is 5.11 Å². The first kappa shape index (κ1) is 10.6. The van der Waals surface area contributed by atoms with Crippen molar-refractivity contribution < 1.29 is 5.11 Å². The number of hydrogen-bond donors (Lipinski definition) is 3. The summed E-state index contributed by atoms with van der Waals surface area (Å²) in [6.07, 6.45) is 0. The Bertz CT molecular complexity index is 523. The minimum atomic E-state index is -0.00793. The normalized spacial score (nSPS) is 10.3. The van der Waals surface area contributed by atoms with Gasteiger partial charge in [-0.2, -0.15) is 0 Å². The predicted molar refractivity (Wildman–Crippen MR) is 67.4 cm³/mol. The van der Waals surface area contributed by atoms with E-state index in [0.29, 0.717) is 16.9 Å². The summed E-state index contributed by atoms with van der Waals surface area (Å²) in [4.78, 5) is 0. The summed E-state index contributed by atoms with van der Waals surface area (Å²) >= 11 is 5.86. The maximum Gasteiger partial charge on any atom is 0.144 e. The Balaban J connectivity index is 2.57. The van der Waals surface area contributed by atoms with Gasteiger partial charge in [-0.05, 0) is 29.8 Å². The van der Waals surface area contributed by atoms with Crippen LogP contribution in [0.4, 0.5) is 11.4 Å². The topological polar surface area (TPSA) is 72.3 Å². The molecule has 2 rings (SSSR count). The van der Waals surface area contributed by atoms with Crippen LogP contribution < -0.4 is 11.5 Å². The highest BCUT2D eigenvalue weighted by atomic mass is 35.5. The molecule has 0 spiro atoms. The lowest BCUT2D eigenvalue weighted by Crippen LogP contribution is -1.89. The number of phenols is 1. The quantitative estimate of drug-likeness (QED) is 0.665. The van der Waals surface area contributed by atoms with E-state index < -0.39 is 0 Å². The third-order valence-electron chi connectivity index (χ3n) is 2.37. The molecule has 0 fully saturated rings.